The Morgan fingerprint density at radius 2 is 1.87 bits per heavy atom. The van der Waals surface area contributed by atoms with Crippen molar-refractivity contribution in [2.24, 2.45) is 5.92 Å². The minimum Gasteiger partial charge on any atom is -0.497 e. The molecule has 1 saturated heterocycles. The minimum absolute atomic E-state index is 0.0314. The van der Waals surface area contributed by atoms with E-state index in [-0.39, 0.29) is 11.1 Å². The van der Waals surface area contributed by atoms with E-state index in [2.05, 4.69) is 16.8 Å². The van der Waals surface area contributed by atoms with Gasteiger partial charge in [0.15, 0.2) is 0 Å². The lowest BCUT2D eigenvalue weighted by atomic mass is 9.95. The fourth-order valence-electron chi connectivity index (χ4n) is 3.91. The van der Waals surface area contributed by atoms with Gasteiger partial charge < -0.3 is 9.64 Å². The summed E-state index contributed by atoms with van der Waals surface area (Å²) in [5.41, 5.74) is 1.68. The number of piperidine rings is 1. The summed E-state index contributed by atoms with van der Waals surface area (Å²) in [6.45, 7) is 3.78. The fraction of sp³-hybridized carbons (Fsp3) is 0.292. The van der Waals surface area contributed by atoms with Gasteiger partial charge in [0.2, 0.25) is 11.6 Å². The second-order valence-electron chi connectivity index (χ2n) is 7.74. The maximum absolute atomic E-state index is 13.6. The van der Waals surface area contributed by atoms with Crippen LogP contribution < -0.4 is 9.64 Å². The number of carbonyl (C=O) groups is 2. The molecular formula is C24H23FN2O3. The molecule has 0 amide bonds. The number of benzene rings is 2. The number of rotatable bonds is 5. The third-order valence-corrected chi connectivity index (χ3v) is 5.68. The second kappa shape index (κ2) is 8.22. The number of methoxy groups -OCH3 is 1. The molecule has 0 N–H and O–H groups in total. The topological polar surface area (TPSA) is 59.5 Å². The van der Waals surface area contributed by atoms with Gasteiger partial charge in [-0.05, 0) is 49.1 Å². The molecule has 1 fully saturated rings. The van der Waals surface area contributed by atoms with Gasteiger partial charge in [0.1, 0.15) is 11.6 Å². The van der Waals surface area contributed by atoms with Crippen LogP contribution in [0.15, 0.2) is 48.7 Å². The van der Waals surface area contributed by atoms with Crippen molar-refractivity contribution < 1.29 is 18.7 Å². The molecule has 4 rings (SSSR count). The first-order chi connectivity index (χ1) is 14.5. The Morgan fingerprint density at radius 3 is 2.57 bits per heavy atom. The highest BCUT2D eigenvalue weighted by Gasteiger charge is 2.28. The Balaban J connectivity index is 1.84. The number of aromatic nitrogens is 1. The van der Waals surface area contributed by atoms with E-state index in [1.54, 1.807) is 7.11 Å². The van der Waals surface area contributed by atoms with Crippen LogP contribution in [-0.4, -0.2) is 36.7 Å². The van der Waals surface area contributed by atoms with E-state index in [0.29, 0.717) is 17.4 Å². The molecule has 0 aliphatic carbocycles. The van der Waals surface area contributed by atoms with Crippen LogP contribution >= 0.6 is 0 Å². The zero-order valence-corrected chi connectivity index (χ0v) is 17.0. The lowest BCUT2D eigenvalue weighted by Gasteiger charge is -2.34. The summed E-state index contributed by atoms with van der Waals surface area (Å²) < 4.78 is 19.0. The van der Waals surface area contributed by atoms with Crippen molar-refractivity contribution in [3.05, 3.63) is 65.6 Å². The van der Waals surface area contributed by atoms with E-state index in [0.717, 1.165) is 42.9 Å². The van der Waals surface area contributed by atoms with Gasteiger partial charge in [-0.3, -0.25) is 14.6 Å². The van der Waals surface area contributed by atoms with Gasteiger partial charge in [-0.1, -0.05) is 19.1 Å². The van der Waals surface area contributed by atoms with Crippen molar-refractivity contribution in [1.29, 1.82) is 0 Å². The lowest BCUT2D eigenvalue weighted by molar-refractivity contribution is 0.0817. The maximum atomic E-state index is 13.6. The van der Waals surface area contributed by atoms with Gasteiger partial charge in [0, 0.05) is 30.2 Å². The highest BCUT2D eigenvalue weighted by molar-refractivity contribution is 6.50. The summed E-state index contributed by atoms with van der Waals surface area (Å²) in [6, 6.07) is 10.7. The van der Waals surface area contributed by atoms with E-state index < -0.39 is 17.4 Å². The number of ketones is 2. The number of pyridine rings is 1. The third kappa shape index (κ3) is 3.77. The van der Waals surface area contributed by atoms with Crippen LogP contribution in [0.2, 0.25) is 0 Å². The second-order valence-corrected chi connectivity index (χ2v) is 7.74. The summed E-state index contributed by atoms with van der Waals surface area (Å²) in [5.74, 6) is -0.731. The van der Waals surface area contributed by atoms with E-state index in [1.807, 2.05) is 18.2 Å². The number of hydrogen-bond acceptors (Lipinski definition) is 5. The molecule has 0 unspecified atom stereocenters. The number of Topliss-reactive ketones (excluding diaryl/α,β-unsaturated/α-hetero) is 2. The zero-order chi connectivity index (χ0) is 21.3. The molecule has 0 radical (unpaired) electrons. The van der Waals surface area contributed by atoms with Crippen molar-refractivity contribution in [3.8, 4) is 5.75 Å². The van der Waals surface area contributed by atoms with E-state index in [9.17, 15) is 14.0 Å². The van der Waals surface area contributed by atoms with Crippen LogP contribution in [-0.2, 0) is 0 Å². The standard InChI is InChI=1S/C24H23FN2O3/c1-15-8-10-27(11-9-15)22-19-13-18(30-2)6-7-21(19)26-14-20(22)24(29)23(28)16-4-3-5-17(25)12-16/h3-7,12-15H,8-11H2,1-2H3. The molecule has 2 aromatic carbocycles. The molecule has 0 bridgehead atoms. The number of fused-ring (bicyclic) bond motifs is 1. The monoisotopic (exact) mass is 406 g/mol. The first-order valence-corrected chi connectivity index (χ1v) is 10.0. The third-order valence-electron chi connectivity index (χ3n) is 5.68. The van der Waals surface area contributed by atoms with Crippen molar-refractivity contribution in [1.82, 2.24) is 4.98 Å². The number of anilines is 1. The molecule has 0 spiro atoms. The van der Waals surface area contributed by atoms with Crippen LogP contribution in [0.4, 0.5) is 10.1 Å². The molecule has 1 aliphatic rings. The van der Waals surface area contributed by atoms with Crippen LogP contribution in [0, 0.1) is 11.7 Å². The number of nitrogens with zero attached hydrogens (tertiary/aromatic N) is 2. The molecule has 1 aromatic heterocycles. The van der Waals surface area contributed by atoms with Gasteiger partial charge in [-0.25, -0.2) is 4.39 Å². The molecular weight excluding hydrogens is 383 g/mol. The number of carbonyl (C=O) groups excluding carboxylic acids is 2. The summed E-state index contributed by atoms with van der Waals surface area (Å²) in [4.78, 5) is 32.6. The molecule has 0 atom stereocenters. The molecule has 6 heteroatoms. The summed E-state index contributed by atoms with van der Waals surface area (Å²) in [5, 5.41) is 0.766. The number of ether oxygens (including phenoxy) is 1. The SMILES string of the molecule is COc1ccc2ncc(C(=O)C(=O)c3cccc(F)c3)c(N3CCC(C)CC3)c2c1. The van der Waals surface area contributed by atoms with Crippen LogP contribution in [0.25, 0.3) is 10.9 Å². The van der Waals surface area contributed by atoms with E-state index in [1.165, 1.54) is 24.4 Å². The number of hydrogen-bond donors (Lipinski definition) is 0. The van der Waals surface area contributed by atoms with Gasteiger partial charge in [-0.15, -0.1) is 0 Å². The van der Waals surface area contributed by atoms with Crippen LogP contribution in [0.3, 0.4) is 0 Å². The van der Waals surface area contributed by atoms with Crippen LogP contribution in [0.5, 0.6) is 5.75 Å². The Hall–Kier alpha value is -3.28. The molecule has 154 valence electrons. The average molecular weight is 406 g/mol. The largest absolute Gasteiger partial charge is 0.497 e. The van der Waals surface area contributed by atoms with Crippen LogP contribution in [0.1, 0.15) is 40.5 Å². The lowest BCUT2D eigenvalue weighted by Crippen LogP contribution is -2.34. The summed E-state index contributed by atoms with van der Waals surface area (Å²) >= 11 is 0. The normalized spacial score (nSPS) is 14.7. The highest BCUT2D eigenvalue weighted by atomic mass is 19.1. The van der Waals surface area contributed by atoms with E-state index in [4.69, 9.17) is 4.74 Å². The summed E-state index contributed by atoms with van der Waals surface area (Å²) in [7, 11) is 1.58. The molecule has 0 saturated carbocycles. The number of halogens is 1. The Morgan fingerprint density at radius 1 is 1.10 bits per heavy atom. The van der Waals surface area contributed by atoms with Gasteiger partial charge in [0.25, 0.3) is 0 Å². The molecule has 3 aromatic rings. The quantitative estimate of drug-likeness (QED) is 0.455. The van der Waals surface area contributed by atoms with E-state index >= 15 is 0 Å². The minimum atomic E-state index is -0.745. The highest BCUT2D eigenvalue weighted by Crippen LogP contribution is 2.35. The Kier molecular flexibility index (Phi) is 5.48. The van der Waals surface area contributed by atoms with Crippen molar-refractivity contribution >= 4 is 28.2 Å². The predicted molar refractivity (Wildman–Crippen MR) is 114 cm³/mol. The van der Waals surface area contributed by atoms with Crippen molar-refractivity contribution in [2.75, 3.05) is 25.1 Å². The molecule has 1 aliphatic heterocycles. The predicted octanol–water partition coefficient (Wildman–Crippen LogP) is 4.68. The van der Waals surface area contributed by atoms with Gasteiger partial charge >= 0.3 is 0 Å². The van der Waals surface area contributed by atoms with Crippen molar-refractivity contribution in [3.63, 3.8) is 0 Å². The maximum Gasteiger partial charge on any atom is 0.237 e. The Bertz CT molecular complexity index is 1120. The Labute approximate surface area is 174 Å². The first-order valence-electron chi connectivity index (χ1n) is 10.0. The van der Waals surface area contributed by atoms with Gasteiger partial charge in [-0.2, -0.15) is 0 Å². The fourth-order valence-corrected chi connectivity index (χ4v) is 3.91. The van der Waals surface area contributed by atoms with Gasteiger partial charge in [0.05, 0.1) is 23.9 Å². The summed E-state index contributed by atoms with van der Waals surface area (Å²) in [6.07, 6.45) is 3.46. The molecule has 30 heavy (non-hydrogen) atoms. The molecule has 2 heterocycles. The molecule has 5 nitrogen and oxygen atoms in total. The zero-order valence-electron chi connectivity index (χ0n) is 17.0. The average Bonchev–Trinajstić information content (AvgIpc) is 2.77. The smallest absolute Gasteiger partial charge is 0.237 e. The van der Waals surface area contributed by atoms with Crippen molar-refractivity contribution in [2.45, 2.75) is 19.8 Å². The first kappa shape index (κ1) is 20.0.